The molecule has 0 fully saturated rings. The number of ether oxygens (including phenoxy) is 1. The zero-order valence-electron chi connectivity index (χ0n) is 10.8. The van der Waals surface area contributed by atoms with E-state index in [9.17, 15) is 4.79 Å². The fourth-order valence-electron chi connectivity index (χ4n) is 2.32. The molecule has 0 saturated heterocycles. The Hall–Kier alpha value is -0.830. The molecule has 0 aliphatic heterocycles. The van der Waals surface area contributed by atoms with Gasteiger partial charge in [-0.3, -0.25) is 0 Å². The van der Waals surface area contributed by atoms with Crippen molar-refractivity contribution in [3.63, 3.8) is 0 Å². The maximum absolute atomic E-state index is 11.8. The topological polar surface area (TPSA) is 26.3 Å². The summed E-state index contributed by atoms with van der Waals surface area (Å²) in [5, 5.41) is 0. The summed E-state index contributed by atoms with van der Waals surface area (Å²) in [6.45, 7) is 6.02. The number of aryl methyl sites for hydroxylation is 1. The quantitative estimate of drug-likeness (QED) is 0.764. The predicted molar refractivity (Wildman–Crippen MR) is 70.7 cm³/mol. The van der Waals surface area contributed by atoms with Gasteiger partial charge in [-0.05, 0) is 50.7 Å². The average molecular weight is 252 g/mol. The molecule has 1 aliphatic carbocycles. The predicted octanol–water partition coefficient (Wildman–Crippen LogP) is 3.83. The molecule has 0 saturated carbocycles. The second kappa shape index (κ2) is 5.21. The zero-order chi connectivity index (χ0) is 12.4. The Morgan fingerprint density at radius 3 is 3.00 bits per heavy atom. The number of hydrogen-bond acceptors (Lipinski definition) is 3. The normalized spacial score (nSPS) is 19.2. The first-order chi connectivity index (χ1) is 8.10. The summed E-state index contributed by atoms with van der Waals surface area (Å²) < 4.78 is 5.24. The first-order valence-corrected chi connectivity index (χ1v) is 7.24. The number of rotatable bonds is 3. The second-order valence-electron chi connectivity index (χ2n) is 5.03. The maximum atomic E-state index is 11.8. The van der Waals surface area contributed by atoms with Crippen molar-refractivity contribution >= 4 is 17.3 Å². The Labute approximate surface area is 107 Å². The van der Waals surface area contributed by atoms with Crippen molar-refractivity contribution < 1.29 is 9.53 Å². The van der Waals surface area contributed by atoms with Gasteiger partial charge in [0, 0.05) is 4.88 Å². The van der Waals surface area contributed by atoms with Gasteiger partial charge in [0.1, 0.15) is 4.88 Å². The number of hydrogen-bond donors (Lipinski definition) is 0. The van der Waals surface area contributed by atoms with Crippen molar-refractivity contribution in [2.24, 2.45) is 5.92 Å². The molecule has 3 heteroatoms. The molecule has 0 radical (unpaired) electrons. The van der Waals surface area contributed by atoms with E-state index in [0.717, 1.165) is 23.6 Å². The van der Waals surface area contributed by atoms with Crippen molar-refractivity contribution in [1.82, 2.24) is 0 Å². The van der Waals surface area contributed by atoms with Gasteiger partial charge in [-0.2, -0.15) is 0 Å². The highest BCUT2D eigenvalue weighted by Gasteiger charge is 2.22. The highest BCUT2D eigenvalue weighted by Crippen LogP contribution is 2.33. The van der Waals surface area contributed by atoms with Crippen molar-refractivity contribution in [3.05, 3.63) is 21.4 Å². The Balaban J connectivity index is 2.12. The summed E-state index contributed by atoms with van der Waals surface area (Å²) in [7, 11) is 0. The average Bonchev–Trinajstić information content (AvgIpc) is 2.70. The van der Waals surface area contributed by atoms with E-state index in [2.05, 4.69) is 6.92 Å². The highest BCUT2D eigenvalue weighted by molar-refractivity contribution is 7.14. The monoisotopic (exact) mass is 252 g/mol. The van der Waals surface area contributed by atoms with E-state index >= 15 is 0 Å². The van der Waals surface area contributed by atoms with E-state index in [-0.39, 0.29) is 12.1 Å². The van der Waals surface area contributed by atoms with Gasteiger partial charge in [0.15, 0.2) is 0 Å². The fourth-order valence-corrected chi connectivity index (χ4v) is 3.41. The zero-order valence-corrected chi connectivity index (χ0v) is 11.6. The molecule has 2 nitrogen and oxygen atoms in total. The van der Waals surface area contributed by atoms with E-state index in [1.807, 2.05) is 19.9 Å². The Morgan fingerprint density at radius 2 is 2.35 bits per heavy atom. The minimum Gasteiger partial charge on any atom is -0.459 e. The molecule has 94 valence electrons. The summed E-state index contributed by atoms with van der Waals surface area (Å²) in [5.41, 5.74) is 1.38. The smallest absolute Gasteiger partial charge is 0.348 e. The standard InChI is InChI=1S/C14H20O2S/c1-4-10-5-6-12-11(7-10)8-13(17-12)14(15)16-9(2)3/h8-10H,4-7H2,1-3H3. The number of carbonyl (C=O) groups excluding carboxylic acids is 1. The first kappa shape index (κ1) is 12.6. The minimum atomic E-state index is -0.160. The van der Waals surface area contributed by atoms with Gasteiger partial charge in [0.2, 0.25) is 0 Å². The molecule has 0 aromatic carbocycles. The summed E-state index contributed by atoms with van der Waals surface area (Å²) >= 11 is 1.62. The molecule has 0 spiro atoms. The molecule has 2 rings (SSSR count). The SMILES string of the molecule is CCC1CCc2sc(C(=O)OC(C)C)cc2C1. The van der Waals surface area contributed by atoms with Crippen LogP contribution in [0, 0.1) is 5.92 Å². The Bertz CT molecular complexity index is 406. The number of esters is 1. The molecule has 17 heavy (non-hydrogen) atoms. The van der Waals surface area contributed by atoms with E-state index in [4.69, 9.17) is 4.74 Å². The molecule has 0 N–H and O–H groups in total. The molecule has 1 atom stereocenters. The van der Waals surface area contributed by atoms with E-state index in [0.29, 0.717) is 0 Å². The number of carbonyl (C=O) groups is 1. The van der Waals surface area contributed by atoms with Crippen molar-refractivity contribution in [2.45, 2.75) is 52.6 Å². The number of fused-ring (bicyclic) bond motifs is 1. The van der Waals surface area contributed by atoms with E-state index < -0.39 is 0 Å². The third kappa shape index (κ3) is 2.89. The molecule has 0 bridgehead atoms. The van der Waals surface area contributed by atoms with Gasteiger partial charge in [0.05, 0.1) is 6.10 Å². The lowest BCUT2D eigenvalue weighted by molar-refractivity contribution is 0.0383. The second-order valence-corrected chi connectivity index (χ2v) is 6.17. The van der Waals surface area contributed by atoms with Gasteiger partial charge in [0.25, 0.3) is 0 Å². The third-order valence-electron chi connectivity index (χ3n) is 3.31. The van der Waals surface area contributed by atoms with Crippen LogP contribution in [0.1, 0.15) is 53.7 Å². The molecular weight excluding hydrogens is 232 g/mol. The van der Waals surface area contributed by atoms with Crippen LogP contribution >= 0.6 is 11.3 Å². The van der Waals surface area contributed by atoms with Crippen LogP contribution in [0.3, 0.4) is 0 Å². The summed E-state index contributed by atoms with van der Waals surface area (Å²) in [6.07, 6.45) is 4.74. The first-order valence-electron chi connectivity index (χ1n) is 6.42. The lowest BCUT2D eigenvalue weighted by atomic mass is 9.87. The molecule has 1 aliphatic rings. The lowest BCUT2D eigenvalue weighted by Gasteiger charge is -2.19. The Kier molecular flexibility index (Phi) is 3.87. The van der Waals surface area contributed by atoms with Gasteiger partial charge in [-0.15, -0.1) is 11.3 Å². The van der Waals surface area contributed by atoms with Gasteiger partial charge >= 0.3 is 5.97 Å². The number of thiophene rings is 1. The van der Waals surface area contributed by atoms with Crippen LogP contribution in [0.2, 0.25) is 0 Å². The molecule has 0 amide bonds. The van der Waals surface area contributed by atoms with Crippen LogP contribution in [-0.4, -0.2) is 12.1 Å². The van der Waals surface area contributed by atoms with Crippen molar-refractivity contribution in [2.75, 3.05) is 0 Å². The summed E-state index contributed by atoms with van der Waals surface area (Å²) in [6, 6.07) is 2.05. The lowest BCUT2D eigenvalue weighted by Crippen LogP contribution is -2.11. The third-order valence-corrected chi connectivity index (χ3v) is 4.52. The van der Waals surface area contributed by atoms with Gasteiger partial charge in [-0.25, -0.2) is 4.79 Å². The molecule has 1 aromatic rings. The Morgan fingerprint density at radius 1 is 1.59 bits per heavy atom. The van der Waals surface area contributed by atoms with Crippen LogP contribution in [0.5, 0.6) is 0 Å². The van der Waals surface area contributed by atoms with E-state index in [1.54, 1.807) is 11.3 Å². The van der Waals surface area contributed by atoms with E-state index in [1.165, 1.54) is 23.3 Å². The largest absolute Gasteiger partial charge is 0.459 e. The van der Waals surface area contributed by atoms with Crippen LogP contribution in [-0.2, 0) is 17.6 Å². The minimum absolute atomic E-state index is 0.0370. The molecular formula is C14H20O2S. The fraction of sp³-hybridized carbons (Fsp3) is 0.643. The summed E-state index contributed by atoms with van der Waals surface area (Å²) in [4.78, 5) is 14.0. The van der Waals surface area contributed by atoms with Crippen LogP contribution in [0.15, 0.2) is 6.07 Å². The molecule has 1 heterocycles. The van der Waals surface area contributed by atoms with Crippen LogP contribution < -0.4 is 0 Å². The molecule has 1 aromatic heterocycles. The van der Waals surface area contributed by atoms with Gasteiger partial charge in [-0.1, -0.05) is 13.3 Å². The summed E-state index contributed by atoms with van der Waals surface area (Å²) in [5.74, 6) is 0.638. The van der Waals surface area contributed by atoms with Crippen molar-refractivity contribution in [1.29, 1.82) is 0 Å². The molecule has 1 unspecified atom stereocenters. The highest BCUT2D eigenvalue weighted by atomic mass is 32.1. The van der Waals surface area contributed by atoms with Crippen LogP contribution in [0.4, 0.5) is 0 Å². The van der Waals surface area contributed by atoms with Crippen LogP contribution in [0.25, 0.3) is 0 Å². The van der Waals surface area contributed by atoms with Gasteiger partial charge < -0.3 is 4.74 Å². The van der Waals surface area contributed by atoms with Crippen molar-refractivity contribution in [3.8, 4) is 0 Å². The maximum Gasteiger partial charge on any atom is 0.348 e.